The van der Waals surface area contributed by atoms with Gasteiger partial charge in [-0.15, -0.1) is 0 Å². The second-order valence-corrected chi connectivity index (χ2v) is 6.43. The number of carbonyl (C=O) groups excluding carboxylic acids is 1. The van der Waals surface area contributed by atoms with Gasteiger partial charge in [0, 0.05) is 18.0 Å². The van der Waals surface area contributed by atoms with Crippen LogP contribution in [0.3, 0.4) is 0 Å². The van der Waals surface area contributed by atoms with E-state index in [1.807, 2.05) is 36.4 Å². The van der Waals surface area contributed by atoms with E-state index in [-0.39, 0.29) is 11.9 Å². The summed E-state index contributed by atoms with van der Waals surface area (Å²) in [5.41, 5.74) is 2.45. The van der Waals surface area contributed by atoms with Crippen molar-refractivity contribution in [3.63, 3.8) is 0 Å². The van der Waals surface area contributed by atoms with E-state index in [0.717, 1.165) is 36.4 Å². The molecule has 2 aromatic heterocycles. The Hall–Kier alpha value is -2.93. The normalized spacial score (nSPS) is 16.7. The molecule has 1 aliphatic rings. The molecule has 1 amide bonds. The number of imidazole rings is 1. The molecule has 26 heavy (non-hydrogen) atoms. The number of amides is 1. The minimum Gasteiger partial charge on any atom is -0.497 e. The Labute approximate surface area is 151 Å². The first-order valence-corrected chi connectivity index (χ1v) is 8.75. The van der Waals surface area contributed by atoms with Crippen LogP contribution in [-0.4, -0.2) is 40.2 Å². The zero-order chi connectivity index (χ0) is 17.9. The zero-order valence-corrected chi connectivity index (χ0v) is 14.6. The molecule has 0 saturated carbocycles. The summed E-state index contributed by atoms with van der Waals surface area (Å²) in [6.07, 6.45) is 4.38. The Bertz CT molecular complexity index is 931. The molecule has 3 aromatic rings. The van der Waals surface area contributed by atoms with Crippen molar-refractivity contribution >= 4 is 17.4 Å². The number of hydrogen-bond acceptors (Lipinski definition) is 5. The van der Waals surface area contributed by atoms with Gasteiger partial charge in [0.1, 0.15) is 5.75 Å². The number of anilines is 1. The minimum absolute atomic E-state index is 0.0270. The molecule has 1 saturated heterocycles. The van der Waals surface area contributed by atoms with Crippen LogP contribution >= 0.6 is 0 Å². The van der Waals surface area contributed by atoms with Gasteiger partial charge in [0.2, 0.25) is 5.91 Å². The van der Waals surface area contributed by atoms with Crippen LogP contribution in [-0.2, 0) is 4.79 Å². The summed E-state index contributed by atoms with van der Waals surface area (Å²) in [5, 5.41) is 10.8. The maximum absolute atomic E-state index is 12.2. The molecule has 1 atom stereocenters. The number of carbonyl (C=O) groups is 1. The van der Waals surface area contributed by atoms with Gasteiger partial charge < -0.3 is 15.4 Å². The fourth-order valence-electron chi connectivity index (χ4n) is 3.23. The molecule has 0 bridgehead atoms. The van der Waals surface area contributed by atoms with Gasteiger partial charge in [-0.05, 0) is 43.7 Å². The first-order valence-electron chi connectivity index (χ1n) is 8.75. The van der Waals surface area contributed by atoms with Crippen molar-refractivity contribution in [3.8, 4) is 17.0 Å². The third-order valence-corrected chi connectivity index (χ3v) is 4.55. The van der Waals surface area contributed by atoms with Gasteiger partial charge in [0.05, 0.1) is 19.0 Å². The van der Waals surface area contributed by atoms with Crippen molar-refractivity contribution in [2.24, 2.45) is 0 Å². The SMILES string of the molecule is COc1cccc(-c2ccc3nc(NC(=O)C[C@@H]4CCCN4)cn3n2)c1. The van der Waals surface area contributed by atoms with Gasteiger partial charge in [-0.1, -0.05) is 12.1 Å². The van der Waals surface area contributed by atoms with Gasteiger partial charge in [-0.3, -0.25) is 4.79 Å². The van der Waals surface area contributed by atoms with E-state index in [9.17, 15) is 4.79 Å². The zero-order valence-electron chi connectivity index (χ0n) is 14.6. The quantitative estimate of drug-likeness (QED) is 0.738. The molecule has 3 heterocycles. The van der Waals surface area contributed by atoms with Crippen molar-refractivity contribution in [1.82, 2.24) is 19.9 Å². The minimum atomic E-state index is -0.0270. The lowest BCUT2D eigenvalue weighted by Gasteiger charge is -2.08. The van der Waals surface area contributed by atoms with Crippen LogP contribution in [0.4, 0.5) is 5.82 Å². The average Bonchev–Trinajstić information content (AvgIpc) is 3.30. The summed E-state index contributed by atoms with van der Waals surface area (Å²) in [6, 6.07) is 11.8. The molecular weight excluding hydrogens is 330 g/mol. The highest BCUT2D eigenvalue weighted by atomic mass is 16.5. The Balaban J connectivity index is 1.52. The van der Waals surface area contributed by atoms with Crippen LogP contribution in [0.1, 0.15) is 19.3 Å². The lowest BCUT2D eigenvalue weighted by molar-refractivity contribution is -0.116. The van der Waals surface area contributed by atoms with Gasteiger partial charge in [-0.25, -0.2) is 9.50 Å². The summed E-state index contributed by atoms with van der Waals surface area (Å²) in [7, 11) is 1.64. The first-order chi connectivity index (χ1) is 12.7. The summed E-state index contributed by atoms with van der Waals surface area (Å²) in [4.78, 5) is 16.6. The van der Waals surface area contributed by atoms with E-state index in [1.165, 1.54) is 0 Å². The van der Waals surface area contributed by atoms with Crippen LogP contribution in [0.2, 0.25) is 0 Å². The standard InChI is InChI=1S/C19H21N5O2/c1-26-15-6-2-4-13(10-15)16-7-8-18-21-17(12-24(18)23-16)22-19(25)11-14-5-3-9-20-14/h2,4,6-8,10,12,14,20H,3,5,9,11H2,1H3,(H,22,25)/t14-/m0/s1. The molecule has 0 aliphatic carbocycles. The third kappa shape index (κ3) is 3.52. The highest BCUT2D eigenvalue weighted by Crippen LogP contribution is 2.22. The predicted octanol–water partition coefficient (Wildman–Crippen LogP) is 2.49. The van der Waals surface area contributed by atoms with E-state index >= 15 is 0 Å². The highest BCUT2D eigenvalue weighted by molar-refractivity contribution is 5.90. The van der Waals surface area contributed by atoms with Crippen molar-refractivity contribution in [1.29, 1.82) is 0 Å². The Morgan fingerprint density at radius 2 is 2.31 bits per heavy atom. The van der Waals surface area contributed by atoms with Crippen molar-refractivity contribution < 1.29 is 9.53 Å². The highest BCUT2D eigenvalue weighted by Gasteiger charge is 2.18. The summed E-state index contributed by atoms with van der Waals surface area (Å²) >= 11 is 0. The summed E-state index contributed by atoms with van der Waals surface area (Å²) in [6.45, 7) is 0.989. The maximum atomic E-state index is 12.2. The Kier molecular flexibility index (Phi) is 4.53. The molecule has 0 unspecified atom stereocenters. The second-order valence-electron chi connectivity index (χ2n) is 6.43. The fraction of sp³-hybridized carbons (Fsp3) is 0.316. The molecule has 4 rings (SSSR count). The largest absolute Gasteiger partial charge is 0.497 e. The van der Waals surface area contributed by atoms with Gasteiger partial charge in [-0.2, -0.15) is 5.10 Å². The Morgan fingerprint density at radius 1 is 1.38 bits per heavy atom. The molecular formula is C19H21N5O2. The molecule has 0 spiro atoms. The van der Waals surface area contributed by atoms with Crippen molar-refractivity contribution in [2.75, 3.05) is 19.0 Å². The van der Waals surface area contributed by atoms with Crippen molar-refractivity contribution in [3.05, 3.63) is 42.6 Å². The molecule has 7 nitrogen and oxygen atoms in total. The number of ether oxygens (including phenoxy) is 1. The number of nitrogens with one attached hydrogen (secondary N) is 2. The van der Waals surface area contributed by atoms with Gasteiger partial charge >= 0.3 is 0 Å². The van der Waals surface area contributed by atoms with E-state index in [0.29, 0.717) is 17.9 Å². The predicted molar refractivity (Wildman–Crippen MR) is 99.2 cm³/mol. The smallest absolute Gasteiger partial charge is 0.227 e. The first kappa shape index (κ1) is 16.5. The number of methoxy groups -OCH3 is 1. The van der Waals surface area contributed by atoms with E-state index < -0.39 is 0 Å². The fourth-order valence-corrected chi connectivity index (χ4v) is 3.23. The average molecular weight is 351 g/mol. The number of aromatic nitrogens is 3. The van der Waals surface area contributed by atoms with E-state index in [4.69, 9.17) is 4.74 Å². The van der Waals surface area contributed by atoms with Gasteiger partial charge in [0.25, 0.3) is 0 Å². The lowest BCUT2D eigenvalue weighted by Crippen LogP contribution is -2.27. The molecule has 1 fully saturated rings. The van der Waals surface area contributed by atoms with Crippen LogP contribution in [0.15, 0.2) is 42.6 Å². The number of fused-ring (bicyclic) bond motifs is 1. The summed E-state index contributed by atoms with van der Waals surface area (Å²) < 4.78 is 6.95. The van der Waals surface area contributed by atoms with E-state index in [1.54, 1.807) is 17.8 Å². The molecule has 0 radical (unpaired) electrons. The topological polar surface area (TPSA) is 80.5 Å². The van der Waals surface area contributed by atoms with Crippen molar-refractivity contribution in [2.45, 2.75) is 25.3 Å². The van der Waals surface area contributed by atoms with Gasteiger partial charge in [0.15, 0.2) is 11.5 Å². The summed E-state index contributed by atoms with van der Waals surface area (Å²) in [5.74, 6) is 1.27. The Morgan fingerprint density at radius 3 is 3.12 bits per heavy atom. The number of hydrogen-bond donors (Lipinski definition) is 2. The third-order valence-electron chi connectivity index (χ3n) is 4.55. The molecule has 1 aliphatic heterocycles. The lowest BCUT2D eigenvalue weighted by atomic mass is 10.1. The molecule has 1 aromatic carbocycles. The molecule has 2 N–H and O–H groups in total. The number of nitrogens with zero attached hydrogens (tertiary/aromatic N) is 3. The number of rotatable bonds is 5. The monoisotopic (exact) mass is 351 g/mol. The number of benzene rings is 1. The van der Waals surface area contributed by atoms with Crippen LogP contribution < -0.4 is 15.4 Å². The molecule has 7 heteroatoms. The van der Waals surface area contributed by atoms with E-state index in [2.05, 4.69) is 20.7 Å². The van der Waals surface area contributed by atoms with Crippen LogP contribution in [0, 0.1) is 0 Å². The second kappa shape index (κ2) is 7.13. The van der Waals surface area contributed by atoms with Crippen LogP contribution in [0.25, 0.3) is 16.9 Å². The molecule has 134 valence electrons. The van der Waals surface area contributed by atoms with Crippen LogP contribution in [0.5, 0.6) is 5.75 Å². The maximum Gasteiger partial charge on any atom is 0.227 e.